The molecule has 0 saturated carbocycles. The van der Waals surface area contributed by atoms with Crippen LogP contribution in [-0.2, 0) is 11.2 Å². The summed E-state index contributed by atoms with van der Waals surface area (Å²) in [6.07, 6.45) is 0.425. The molecule has 0 radical (unpaired) electrons. The van der Waals surface area contributed by atoms with Crippen LogP contribution in [-0.4, -0.2) is 42.0 Å². The van der Waals surface area contributed by atoms with E-state index in [0.717, 1.165) is 31.9 Å². The first kappa shape index (κ1) is 13.1. The molecule has 1 aliphatic rings. The Morgan fingerprint density at radius 1 is 1.15 bits per heavy atom. The van der Waals surface area contributed by atoms with E-state index in [1.807, 2.05) is 16.3 Å². The molecule has 104 valence electrons. The van der Waals surface area contributed by atoms with Crippen LogP contribution < -0.4 is 4.90 Å². The fourth-order valence-corrected chi connectivity index (χ4v) is 3.00. The number of nitrogens with zero attached hydrogens (tertiary/aromatic N) is 3. The van der Waals surface area contributed by atoms with Crippen LogP contribution in [0.4, 0.5) is 5.69 Å². The topological polar surface area (TPSA) is 36.4 Å². The second kappa shape index (κ2) is 6.05. The number of aromatic nitrogens is 1. The van der Waals surface area contributed by atoms with E-state index in [0.29, 0.717) is 6.42 Å². The normalized spacial score (nSPS) is 15.4. The first-order valence-electron chi connectivity index (χ1n) is 6.78. The first-order chi connectivity index (χ1) is 9.83. The second-order valence-corrected chi connectivity index (χ2v) is 5.58. The predicted molar refractivity (Wildman–Crippen MR) is 81.1 cm³/mol. The van der Waals surface area contributed by atoms with Gasteiger partial charge in [0, 0.05) is 37.2 Å². The average Bonchev–Trinajstić information content (AvgIpc) is 3.01. The fourth-order valence-electron chi connectivity index (χ4n) is 2.44. The lowest BCUT2D eigenvalue weighted by Crippen LogP contribution is -2.49. The molecule has 0 aliphatic carbocycles. The molecule has 20 heavy (non-hydrogen) atoms. The van der Waals surface area contributed by atoms with E-state index in [-0.39, 0.29) is 5.91 Å². The van der Waals surface area contributed by atoms with E-state index >= 15 is 0 Å². The lowest BCUT2D eigenvalue weighted by Gasteiger charge is -2.36. The Labute approximate surface area is 122 Å². The van der Waals surface area contributed by atoms with Crippen LogP contribution in [0, 0.1) is 0 Å². The van der Waals surface area contributed by atoms with Gasteiger partial charge in [-0.3, -0.25) is 4.79 Å². The van der Waals surface area contributed by atoms with Crippen molar-refractivity contribution in [1.29, 1.82) is 0 Å². The molecule has 3 rings (SSSR count). The molecule has 0 bridgehead atoms. The number of thiazole rings is 1. The molecule has 5 heteroatoms. The Morgan fingerprint density at radius 3 is 2.55 bits per heavy atom. The van der Waals surface area contributed by atoms with Gasteiger partial charge in [-0.05, 0) is 12.1 Å². The standard InChI is InChI=1S/C15H17N3OS/c19-15(10-13-11-20-12-16-13)18-8-6-17(7-9-18)14-4-2-1-3-5-14/h1-5,11-12H,6-10H2. The lowest BCUT2D eigenvalue weighted by molar-refractivity contribution is -0.130. The molecule has 1 amide bonds. The van der Waals surface area contributed by atoms with E-state index in [9.17, 15) is 4.79 Å². The van der Waals surface area contributed by atoms with Crippen molar-refractivity contribution in [3.05, 3.63) is 46.9 Å². The summed E-state index contributed by atoms with van der Waals surface area (Å²) in [5, 5.41) is 1.94. The number of piperazine rings is 1. The van der Waals surface area contributed by atoms with Crippen molar-refractivity contribution in [2.45, 2.75) is 6.42 Å². The maximum Gasteiger partial charge on any atom is 0.228 e. The van der Waals surface area contributed by atoms with E-state index in [2.05, 4.69) is 34.1 Å². The van der Waals surface area contributed by atoms with Crippen LogP contribution >= 0.6 is 11.3 Å². The first-order valence-corrected chi connectivity index (χ1v) is 7.72. The Hall–Kier alpha value is -1.88. The molecule has 2 aromatic rings. The van der Waals surface area contributed by atoms with Crippen LogP contribution in [0.3, 0.4) is 0 Å². The van der Waals surface area contributed by atoms with Gasteiger partial charge in [0.1, 0.15) is 0 Å². The minimum atomic E-state index is 0.184. The molecule has 1 aliphatic heterocycles. The summed E-state index contributed by atoms with van der Waals surface area (Å²) >= 11 is 1.54. The van der Waals surface area contributed by atoms with Crippen molar-refractivity contribution < 1.29 is 4.79 Å². The predicted octanol–water partition coefficient (Wildman–Crippen LogP) is 2.03. The van der Waals surface area contributed by atoms with Gasteiger partial charge in [-0.1, -0.05) is 18.2 Å². The minimum absolute atomic E-state index is 0.184. The third-order valence-corrected chi connectivity index (χ3v) is 4.20. The zero-order valence-electron chi connectivity index (χ0n) is 11.2. The zero-order chi connectivity index (χ0) is 13.8. The third kappa shape index (κ3) is 2.99. The highest BCUT2D eigenvalue weighted by Gasteiger charge is 2.21. The molecule has 0 unspecified atom stereocenters. The molecule has 2 heterocycles. The summed E-state index contributed by atoms with van der Waals surface area (Å²) in [6, 6.07) is 10.4. The van der Waals surface area contributed by atoms with Gasteiger partial charge in [-0.2, -0.15) is 0 Å². The lowest BCUT2D eigenvalue weighted by atomic mass is 10.2. The molecule has 1 aromatic heterocycles. The average molecular weight is 287 g/mol. The van der Waals surface area contributed by atoms with Crippen molar-refractivity contribution in [3.8, 4) is 0 Å². The second-order valence-electron chi connectivity index (χ2n) is 4.86. The fraction of sp³-hybridized carbons (Fsp3) is 0.333. The number of hydrogen-bond acceptors (Lipinski definition) is 4. The molecule has 1 saturated heterocycles. The maximum atomic E-state index is 12.2. The Morgan fingerprint density at radius 2 is 1.90 bits per heavy atom. The van der Waals surface area contributed by atoms with Crippen LogP contribution in [0.15, 0.2) is 41.2 Å². The number of anilines is 1. The molecule has 0 atom stereocenters. The number of benzene rings is 1. The van der Waals surface area contributed by atoms with Gasteiger partial charge in [0.05, 0.1) is 17.6 Å². The molecular weight excluding hydrogens is 270 g/mol. The molecule has 1 aromatic carbocycles. The van der Waals surface area contributed by atoms with Crippen LogP contribution in [0.1, 0.15) is 5.69 Å². The van der Waals surface area contributed by atoms with E-state index in [1.165, 1.54) is 17.0 Å². The van der Waals surface area contributed by atoms with Crippen LogP contribution in [0.2, 0.25) is 0 Å². The number of rotatable bonds is 3. The van der Waals surface area contributed by atoms with Gasteiger partial charge in [-0.25, -0.2) is 4.98 Å². The maximum absolute atomic E-state index is 12.2. The van der Waals surface area contributed by atoms with Crippen molar-refractivity contribution in [2.75, 3.05) is 31.1 Å². The van der Waals surface area contributed by atoms with Crippen molar-refractivity contribution in [3.63, 3.8) is 0 Å². The monoisotopic (exact) mass is 287 g/mol. The molecular formula is C15H17N3OS. The van der Waals surface area contributed by atoms with Crippen molar-refractivity contribution in [1.82, 2.24) is 9.88 Å². The Balaban J connectivity index is 1.54. The van der Waals surface area contributed by atoms with Gasteiger partial charge in [-0.15, -0.1) is 11.3 Å². The number of carbonyl (C=O) groups is 1. The largest absolute Gasteiger partial charge is 0.368 e. The quantitative estimate of drug-likeness (QED) is 0.867. The number of hydrogen-bond donors (Lipinski definition) is 0. The van der Waals surface area contributed by atoms with Crippen molar-refractivity contribution >= 4 is 22.9 Å². The van der Waals surface area contributed by atoms with Gasteiger partial charge in [0.15, 0.2) is 0 Å². The van der Waals surface area contributed by atoms with Gasteiger partial charge < -0.3 is 9.80 Å². The van der Waals surface area contributed by atoms with E-state index in [1.54, 1.807) is 5.51 Å². The minimum Gasteiger partial charge on any atom is -0.368 e. The zero-order valence-corrected chi connectivity index (χ0v) is 12.1. The number of carbonyl (C=O) groups excluding carboxylic acids is 1. The van der Waals surface area contributed by atoms with Crippen LogP contribution in [0.5, 0.6) is 0 Å². The molecule has 0 N–H and O–H groups in total. The summed E-state index contributed by atoms with van der Waals surface area (Å²) in [5.74, 6) is 0.184. The molecule has 1 fully saturated rings. The SMILES string of the molecule is O=C(Cc1cscn1)N1CCN(c2ccccc2)CC1. The van der Waals surface area contributed by atoms with E-state index < -0.39 is 0 Å². The summed E-state index contributed by atoms with van der Waals surface area (Å²) in [7, 11) is 0. The number of para-hydroxylation sites is 1. The summed E-state index contributed by atoms with van der Waals surface area (Å²) in [5.41, 5.74) is 3.89. The highest BCUT2D eigenvalue weighted by Crippen LogP contribution is 2.16. The number of amides is 1. The van der Waals surface area contributed by atoms with E-state index in [4.69, 9.17) is 0 Å². The Kier molecular flexibility index (Phi) is 3.97. The molecule has 0 spiro atoms. The van der Waals surface area contributed by atoms with Gasteiger partial charge >= 0.3 is 0 Å². The smallest absolute Gasteiger partial charge is 0.228 e. The Bertz CT molecular complexity index is 548. The van der Waals surface area contributed by atoms with Crippen LogP contribution in [0.25, 0.3) is 0 Å². The summed E-state index contributed by atoms with van der Waals surface area (Å²) in [6.45, 7) is 3.37. The highest BCUT2D eigenvalue weighted by atomic mass is 32.1. The van der Waals surface area contributed by atoms with Gasteiger partial charge in [0.25, 0.3) is 0 Å². The van der Waals surface area contributed by atoms with Crippen molar-refractivity contribution in [2.24, 2.45) is 0 Å². The summed E-state index contributed by atoms with van der Waals surface area (Å²) in [4.78, 5) is 20.6. The van der Waals surface area contributed by atoms with Gasteiger partial charge in [0.2, 0.25) is 5.91 Å². The molecule has 4 nitrogen and oxygen atoms in total. The third-order valence-electron chi connectivity index (χ3n) is 3.57. The highest BCUT2D eigenvalue weighted by molar-refractivity contribution is 7.07. The summed E-state index contributed by atoms with van der Waals surface area (Å²) < 4.78 is 0.